The van der Waals surface area contributed by atoms with Crippen LogP contribution in [0.1, 0.15) is 0 Å². The van der Waals surface area contributed by atoms with Crippen LogP contribution in [-0.4, -0.2) is 18.1 Å². The third-order valence-electron chi connectivity index (χ3n) is 3.03. The van der Waals surface area contributed by atoms with Gasteiger partial charge in [0.25, 0.3) is 0 Å². The highest BCUT2D eigenvalue weighted by atomic mass is 16.5. The Labute approximate surface area is 124 Å². The first-order valence-electron chi connectivity index (χ1n) is 6.49. The number of hydrogen-bond donors (Lipinski definition) is 3. The van der Waals surface area contributed by atoms with E-state index in [4.69, 9.17) is 9.15 Å². The molecule has 0 atom stereocenters. The fourth-order valence-electron chi connectivity index (χ4n) is 1.99. The number of aromatic amines is 1. The van der Waals surface area contributed by atoms with E-state index >= 15 is 0 Å². The summed E-state index contributed by atoms with van der Waals surface area (Å²) < 4.78 is 9.98. The van der Waals surface area contributed by atoms with Gasteiger partial charge in [-0.1, -0.05) is 0 Å². The first-order valence-corrected chi connectivity index (χ1v) is 6.49. The number of benzene rings is 2. The summed E-state index contributed by atoms with van der Waals surface area (Å²) in [4.78, 5) is 25.5. The Morgan fingerprint density at radius 1 is 1.09 bits per heavy atom. The van der Waals surface area contributed by atoms with Crippen molar-refractivity contribution in [1.82, 2.24) is 4.98 Å². The number of methoxy groups -OCH3 is 1. The smallest absolute Gasteiger partial charge is 0.417 e. The van der Waals surface area contributed by atoms with Gasteiger partial charge in [0.15, 0.2) is 5.58 Å². The quantitative estimate of drug-likeness (QED) is 0.692. The molecule has 0 saturated carbocycles. The van der Waals surface area contributed by atoms with Crippen LogP contribution in [0, 0.1) is 0 Å². The second-order valence-electron chi connectivity index (χ2n) is 4.53. The molecule has 0 aliphatic heterocycles. The minimum absolute atomic E-state index is 0.382. The zero-order valence-electron chi connectivity index (χ0n) is 11.7. The van der Waals surface area contributed by atoms with Gasteiger partial charge in [-0.25, -0.2) is 9.59 Å². The van der Waals surface area contributed by atoms with Gasteiger partial charge in [-0.15, -0.1) is 0 Å². The summed E-state index contributed by atoms with van der Waals surface area (Å²) in [6, 6.07) is 11.4. The fraction of sp³-hybridized carbons (Fsp3) is 0.0667. The van der Waals surface area contributed by atoms with Crippen molar-refractivity contribution < 1.29 is 13.9 Å². The van der Waals surface area contributed by atoms with Crippen LogP contribution in [0.3, 0.4) is 0 Å². The Hall–Kier alpha value is -3.22. The number of carbonyl (C=O) groups excluding carboxylic acids is 1. The number of anilines is 2. The molecule has 2 aromatic carbocycles. The third-order valence-corrected chi connectivity index (χ3v) is 3.03. The lowest BCUT2D eigenvalue weighted by atomic mass is 10.3. The van der Waals surface area contributed by atoms with Gasteiger partial charge in [0.1, 0.15) is 5.75 Å². The van der Waals surface area contributed by atoms with E-state index in [2.05, 4.69) is 15.6 Å². The van der Waals surface area contributed by atoms with Crippen molar-refractivity contribution in [1.29, 1.82) is 0 Å². The molecule has 1 aromatic heterocycles. The second-order valence-corrected chi connectivity index (χ2v) is 4.53. The SMILES string of the molecule is COc1ccc(NC(=O)Nc2ccc3[nH]c(=O)oc3c2)cc1. The van der Waals surface area contributed by atoms with Gasteiger partial charge < -0.3 is 19.8 Å². The molecule has 0 spiro atoms. The maximum atomic E-state index is 11.9. The molecular weight excluding hydrogens is 286 g/mol. The fourth-order valence-corrected chi connectivity index (χ4v) is 1.99. The first-order chi connectivity index (χ1) is 10.6. The number of hydrogen-bond acceptors (Lipinski definition) is 4. The molecule has 0 aliphatic rings. The number of aromatic nitrogens is 1. The Bertz CT molecular complexity index is 864. The number of oxazole rings is 1. The number of carbonyl (C=O) groups is 1. The van der Waals surface area contributed by atoms with Gasteiger partial charge in [0, 0.05) is 17.4 Å². The van der Waals surface area contributed by atoms with Crippen molar-refractivity contribution in [3.05, 3.63) is 53.0 Å². The molecule has 0 bridgehead atoms. The van der Waals surface area contributed by atoms with Crippen molar-refractivity contribution in [2.24, 2.45) is 0 Å². The van der Waals surface area contributed by atoms with E-state index < -0.39 is 11.8 Å². The highest BCUT2D eigenvalue weighted by molar-refractivity contribution is 6.00. The van der Waals surface area contributed by atoms with E-state index in [-0.39, 0.29) is 0 Å². The summed E-state index contributed by atoms with van der Waals surface area (Å²) >= 11 is 0. The van der Waals surface area contributed by atoms with Crippen molar-refractivity contribution in [2.75, 3.05) is 17.7 Å². The largest absolute Gasteiger partial charge is 0.497 e. The monoisotopic (exact) mass is 299 g/mol. The Morgan fingerprint density at radius 2 is 1.77 bits per heavy atom. The van der Waals surface area contributed by atoms with Crippen LogP contribution in [-0.2, 0) is 0 Å². The van der Waals surface area contributed by atoms with Crippen LogP contribution < -0.4 is 21.1 Å². The lowest BCUT2D eigenvalue weighted by Gasteiger charge is -2.08. The van der Waals surface area contributed by atoms with Crippen molar-refractivity contribution in [2.45, 2.75) is 0 Å². The zero-order chi connectivity index (χ0) is 15.5. The molecule has 0 radical (unpaired) electrons. The standard InChI is InChI=1S/C15H13N3O4/c1-21-11-5-2-9(3-6-11)16-14(19)17-10-4-7-12-13(8-10)22-15(20)18-12/h2-8H,1H3,(H,18,20)(H2,16,17,19). The molecule has 1 heterocycles. The third kappa shape index (κ3) is 2.93. The minimum Gasteiger partial charge on any atom is -0.497 e. The number of nitrogens with one attached hydrogen (secondary N) is 3. The Morgan fingerprint density at radius 3 is 2.50 bits per heavy atom. The van der Waals surface area contributed by atoms with Gasteiger partial charge >= 0.3 is 11.8 Å². The summed E-state index contributed by atoms with van der Waals surface area (Å²) in [5, 5.41) is 5.35. The van der Waals surface area contributed by atoms with Crippen molar-refractivity contribution in [3.63, 3.8) is 0 Å². The predicted octanol–water partition coefficient (Wildman–Crippen LogP) is 2.77. The summed E-state index contributed by atoms with van der Waals surface area (Å²) in [6.07, 6.45) is 0. The lowest BCUT2D eigenvalue weighted by Crippen LogP contribution is -2.19. The van der Waals surface area contributed by atoms with Crippen molar-refractivity contribution >= 4 is 28.5 Å². The van der Waals surface area contributed by atoms with E-state index in [1.54, 1.807) is 49.6 Å². The summed E-state index contributed by atoms with van der Waals surface area (Å²) in [5.41, 5.74) is 2.10. The van der Waals surface area contributed by atoms with E-state index in [1.165, 1.54) is 0 Å². The van der Waals surface area contributed by atoms with Gasteiger partial charge in [0.05, 0.1) is 12.6 Å². The van der Waals surface area contributed by atoms with Crippen LogP contribution in [0.4, 0.5) is 16.2 Å². The van der Waals surface area contributed by atoms with E-state index in [1.807, 2.05) is 0 Å². The minimum atomic E-state index is -0.533. The van der Waals surface area contributed by atoms with Crippen LogP contribution in [0.2, 0.25) is 0 Å². The zero-order valence-corrected chi connectivity index (χ0v) is 11.7. The highest BCUT2D eigenvalue weighted by Gasteiger charge is 2.06. The van der Waals surface area contributed by atoms with E-state index in [9.17, 15) is 9.59 Å². The summed E-state index contributed by atoms with van der Waals surface area (Å²) in [6.45, 7) is 0. The highest BCUT2D eigenvalue weighted by Crippen LogP contribution is 2.18. The van der Waals surface area contributed by atoms with Crippen LogP contribution >= 0.6 is 0 Å². The maximum absolute atomic E-state index is 11.9. The topological polar surface area (TPSA) is 96.4 Å². The molecule has 2 amide bonds. The first kappa shape index (κ1) is 13.7. The summed E-state index contributed by atoms with van der Waals surface area (Å²) in [5.74, 6) is 0.175. The van der Waals surface area contributed by atoms with Gasteiger partial charge in [0.2, 0.25) is 0 Å². The summed E-state index contributed by atoms with van der Waals surface area (Å²) in [7, 11) is 1.57. The molecule has 0 fully saturated rings. The van der Waals surface area contributed by atoms with Gasteiger partial charge in [-0.05, 0) is 36.4 Å². The average Bonchev–Trinajstić information content (AvgIpc) is 2.87. The number of ether oxygens (including phenoxy) is 1. The lowest BCUT2D eigenvalue weighted by molar-refractivity contribution is 0.262. The Balaban J connectivity index is 1.70. The molecular formula is C15H13N3O4. The molecule has 0 unspecified atom stereocenters. The molecule has 22 heavy (non-hydrogen) atoms. The average molecular weight is 299 g/mol. The number of H-pyrrole nitrogens is 1. The van der Waals surface area contributed by atoms with Crippen molar-refractivity contribution in [3.8, 4) is 5.75 Å². The van der Waals surface area contributed by atoms with Crippen LogP contribution in [0.5, 0.6) is 5.75 Å². The van der Waals surface area contributed by atoms with Crippen LogP contribution in [0.15, 0.2) is 51.7 Å². The molecule has 3 rings (SSSR count). The molecule has 0 saturated heterocycles. The maximum Gasteiger partial charge on any atom is 0.417 e. The molecule has 0 aliphatic carbocycles. The molecule has 7 nitrogen and oxygen atoms in total. The van der Waals surface area contributed by atoms with Gasteiger partial charge in [-0.2, -0.15) is 0 Å². The normalized spacial score (nSPS) is 10.4. The second kappa shape index (κ2) is 5.65. The van der Waals surface area contributed by atoms with E-state index in [0.29, 0.717) is 28.2 Å². The molecule has 3 aromatic rings. The predicted molar refractivity (Wildman–Crippen MR) is 82.5 cm³/mol. The van der Waals surface area contributed by atoms with Gasteiger partial charge in [-0.3, -0.25) is 4.98 Å². The number of rotatable bonds is 3. The molecule has 112 valence electrons. The van der Waals surface area contributed by atoms with E-state index in [0.717, 1.165) is 0 Å². The Kier molecular flexibility index (Phi) is 3.53. The molecule has 3 N–H and O–H groups in total. The molecule has 7 heteroatoms. The number of urea groups is 1. The number of amides is 2. The van der Waals surface area contributed by atoms with Crippen LogP contribution in [0.25, 0.3) is 11.1 Å². The number of fused-ring (bicyclic) bond motifs is 1.